The Bertz CT molecular complexity index is 1180. The normalized spacial score (nSPS) is 11.8. The van der Waals surface area contributed by atoms with E-state index in [9.17, 15) is 23.4 Å². The number of carboxylic acid groups (broad SMARTS) is 1. The van der Waals surface area contributed by atoms with Gasteiger partial charge in [-0.3, -0.25) is 4.79 Å². The lowest BCUT2D eigenvalue weighted by Crippen LogP contribution is -2.07. The fraction of sp³-hybridized carbons (Fsp3) is 0.273. The number of hydrogen-bond acceptors (Lipinski definition) is 5. The molecule has 0 bridgehead atoms. The molecule has 0 aliphatic rings. The first-order valence-corrected chi connectivity index (χ1v) is 11.3. The summed E-state index contributed by atoms with van der Waals surface area (Å²) in [5, 5.41) is 18.6. The van der Waals surface area contributed by atoms with Gasteiger partial charge in [0.2, 0.25) is 0 Å². The van der Waals surface area contributed by atoms with E-state index < -0.39 is 15.8 Å². The van der Waals surface area contributed by atoms with Gasteiger partial charge in [0.25, 0.3) is 0 Å². The Labute approximate surface area is 175 Å². The van der Waals surface area contributed by atoms with Gasteiger partial charge in [-0.2, -0.15) is 0 Å². The minimum absolute atomic E-state index is 0.103. The lowest BCUT2D eigenvalue weighted by molar-refractivity contribution is -0.136. The van der Waals surface area contributed by atoms with Crippen molar-refractivity contribution in [2.45, 2.75) is 37.7 Å². The van der Waals surface area contributed by atoms with E-state index in [1.807, 2.05) is 44.3 Å². The molecule has 0 amide bonds. The minimum atomic E-state index is -3.48. The van der Waals surface area contributed by atoms with Gasteiger partial charge in [0.05, 0.1) is 17.2 Å². The van der Waals surface area contributed by atoms with Crippen LogP contribution in [0.15, 0.2) is 53.6 Å². The SMILES string of the molecule is CC(C)c1cn(-c2ccc(-c3ccc(CO)c(S(C)(=O)=O)c3)cc2)c(CC(=O)O)n1. The van der Waals surface area contributed by atoms with Crippen molar-refractivity contribution in [3.05, 3.63) is 65.7 Å². The van der Waals surface area contributed by atoms with Gasteiger partial charge in [-0.05, 0) is 40.8 Å². The number of aromatic nitrogens is 2. The molecule has 0 fully saturated rings. The van der Waals surface area contributed by atoms with Gasteiger partial charge in [-0.25, -0.2) is 13.4 Å². The number of carboxylic acids is 1. The predicted molar refractivity (Wildman–Crippen MR) is 113 cm³/mol. The second-order valence-electron chi connectivity index (χ2n) is 7.48. The lowest BCUT2D eigenvalue weighted by atomic mass is 10.0. The van der Waals surface area contributed by atoms with Crippen molar-refractivity contribution in [1.82, 2.24) is 9.55 Å². The van der Waals surface area contributed by atoms with Gasteiger partial charge in [0.1, 0.15) is 12.2 Å². The molecule has 0 aliphatic carbocycles. The van der Waals surface area contributed by atoms with E-state index in [-0.39, 0.29) is 23.8 Å². The molecule has 0 spiro atoms. The van der Waals surface area contributed by atoms with Gasteiger partial charge in [0.15, 0.2) is 9.84 Å². The smallest absolute Gasteiger partial charge is 0.311 e. The number of carbonyl (C=O) groups is 1. The van der Waals surface area contributed by atoms with Crippen LogP contribution in [-0.2, 0) is 27.7 Å². The minimum Gasteiger partial charge on any atom is -0.481 e. The maximum absolute atomic E-state index is 12.0. The number of nitrogens with zero attached hydrogens (tertiary/aromatic N) is 2. The maximum Gasteiger partial charge on any atom is 0.311 e. The quantitative estimate of drug-likeness (QED) is 0.598. The van der Waals surface area contributed by atoms with Crippen LogP contribution < -0.4 is 0 Å². The summed E-state index contributed by atoms with van der Waals surface area (Å²) < 4.78 is 25.9. The zero-order valence-corrected chi connectivity index (χ0v) is 17.8. The largest absolute Gasteiger partial charge is 0.481 e. The Morgan fingerprint density at radius 3 is 2.27 bits per heavy atom. The Balaban J connectivity index is 2.01. The van der Waals surface area contributed by atoms with E-state index in [0.29, 0.717) is 17.0 Å². The van der Waals surface area contributed by atoms with Gasteiger partial charge in [-0.15, -0.1) is 0 Å². The first-order valence-electron chi connectivity index (χ1n) is 9.44. The summed E-state index contributed by atoms with van der Waals surface area (Å²) >= 11 is 0. The van der Waals surface area contributed by atoms with Crippen LogP contribution in [-0.4, -0.2) is 40.4 Å². The molecule has 1 heterocycles. The van der Waals surface area contributed by atoms with E-state index in [4.69, 9.17) is 0 Å². The van der Waals surface area contributed by atoms with Crippen molar-refractivity contribution in [2.75, 3.05) is 6.26 Å². The number of aliphatic hydroxyl groups is 1. The standard InChI is InChI=1S/C22H24N2O5S/c1-14(2)19-12-24(21(23-19)11-22(26)27)18-8-6-15(7-9-18)16-4-5-17(13-25)20(10-16)30(3,28)29/h4-10,12,14,25H,11,13H2,1-3H3,(H,26,27). The zero-order valence-electron chi connectivity index (χ0n) is 17.0. The summed E-state index contributed by atoms with van der Waals surface area (Å²) in [6.07, 6.45) is 2.77. The molecular weight excluding hydrogens is 404 g/mol. The molecule has 0 saturated carbocycles. The van der Waals surface area contributed by atoms with Crippen LogP contribution in [0, 0.1) is 0 Å². The predicted octanol–water partition coefficient (Wildman–Crippen LogP) is 3.19. The van der Waals surface area contributed by atoms with E-state index >= 15 is 0 Å². The van der Waals surface area contributed by atoms with Crippen LogP contribution >= 0.6 is 0 Å². The zero-order chi connectivity index (χ0) is 22.1. The summed E-state index contributed by atoms with van der Waals surface area (Å²) in [6, 6.07) is 12.3. The van der Waals surface area contributed by atoms with Crippen molar-refractivity contribution < 1.29 is 23.4 Å². The van der Waals surface area contributed by atoms with E-state index in [1.165, 1.54) is 0 Å². The molecule has 8 heteroatoms. The molecule has 0 radical (unpaired) electrons. The summed E-state index contributed by atoms with van der Waals surface area (Å²) in [5.41, 5.74) is 3.45. The molecule has 0 aliphatic heterocycles. The highest BCUT2D eigenvalue weighted by Gasteiger charge is 2.16. The Hall–Kier alpha value is -2.97. The molecule has 2 aromatic carbocycles. The molecule has 0 saturated heterocycles. The number of imidazole rings is 1. The first-order chi connectivity index (χ1) is 14.1. The molecule has 0 atom stereocenters. The number of hydrogen-bond donors (Lipinski definition) is 2. The fourth-order valence-electron chi connectivity index (χ4n) is 3.22. The first kappa shape index (κ1) is 21.7. The van der Waals surface area contributed by atoms with Crippen LogP contribution in [0.4, 0.5) is 0 Å². The van der Waals surface area contributed by atoms with E-state index in [0.717, 1.165) is 23.2 Å². The van der Waals surface area contributed by atoms with Crippen molar-refractivity contribution in [2.24, 2.45) is 0 Å². The summed E-state index contributed by atoms with van der Waals surface area (Å²) in [4.78, 5) is 15.8. The molecule has 0 unspecified atom stereocenters. The molecule has 7 nitrogen and oxygen atoms in total. The highest BCUT2D eigenvalue weighted by atomic mass is 32.2. The third-order valence-electron chi connectivity index (χ3n) is 4.81. The molecule has 2 N–H and O–H groups in total. The van der Waals surface area contributed by atoms with Crippen molar-refractivity contribution in [3.8, 4) is 16.8 Å². The van der Waals surface area contributed by atoms with Crippen LogP contribution in [0.1, 0.15) is 36.8 Å². The number of sulfone groups is 1. The van der Waals surface area contributed by atoms with Crippen LogP contribution in [0.5, 0.6) is 0 Å². The highest BCUT2D eigenvalue weighted by Crippen LogP contribution is 2.27. The van der Waals surface area contributed by atoms with Crippen LogP contribution in [0.2, 0.25) is 0 Å². The summed E-state index contributed by atoms with van der Waals surface area (Å²) in [6.45, 7) is 3.64. The third kappa shape index (κ3) is 4.60. The van der Waals surface area contributed by atoms with Crippen molar-refractivity contribution in [3.63, 3.8) is 0 Å². The molecule has 158 valence electrons. The van der Waals surface area contributed by atoms with Gasteiger partial charge >= 0.3 is 5.97 Å². The Morgan fingerprint density at radius 1 is 1.10 bits per heavy atom. The molecule has 3 rings (SSSR count). The van der Waals surface area contributed by atoms with Crippen LogP contribution in [0.3, 0.4) is 0 Å². The van der Waals surface area contributed by atoms with Gasteiger partial charge in [0, 0.05) is 18.1 Å². The number of aliphatic hydroxyl groups excluding tert-OH is 1. The van der Waals surface area contributed by atoms with Gasteiger partial charge in [-0.1, -0.05) is 38.1 Å². The second-order valence-corrected chi connectivity index (χ2v) is 9.46. The third-order valence-corrected chi connectivity index (χ3v) is 5.99. The average molecular weight is 429 g/mol. The summed E-state index contributed by atoms with van der Waals surface area (Å²) in [5.74, 6) is -0.339. The van der Waals surface area contributed by atoms with Crippen LogP contribution in [0.25, 0.3) is 16.8 Å². The van der Waals surface area contributed by atoms with Gasteiger partial charge < -0.3 is 14.8 Å². The Kier molecular flexibility index (Phi) is 6.09. The van der Waals surface area contributed by atoms with Crippen molar-refractivity contribution >= 4 is 15.8 Å². The molecule has 30 heavy (non-hydrogen) atoms. The number of rotatable bonds is 7. The van der Waals surface area contributed by atoms with E-state index in [2.05, 4.69) is 4.98 Å². The summed E-state index contributed by atoms with van der Waals surface area (Å²) in [7, 11) is -3.48. The van der Waals surface area contributed by atoms with E-state index in [1.54, 1.807) is 22.8 Å². The Morgan fingerprint density at radius 2 is 1.73 bits per heavy atom. The fourth-order valence-corrected chi connectivity index (χ4v) is 4.17. The lowest BCUT2D eigenvalue weighted by Gasteiger charge is -2.11. The average Bonchev–Trinajstić information content (AvgIpc) is 3.10. The monoisotopic (exact) mass is 428 g/mol. The number of benzene rings is 2. The molecule has 3 aromatic rings. The maximum atomic E-state index is 12.0. The second kappa shape index (κ2) is 8.41. The van der Waals surface area contributed by atoms with Crippen molar-refractivity contribution in [1.29, 1.82) is 0 Å². The highest BCUT2D eigenvalue weighted by molar-refractivity contribution is 7.90. The molecule has 1 aromatic heterocycles. The number of aliphatic carboxylic acids is 1. The topological polar surface area (TPSA) is 109 Å². The molecular formula is C22H24N2O5S.